The van der Waals surface area contributed by atoms with E-state index in [2.05, 4.69) is 10.4 Å². The summed E-state index contributed by atoms with van der Waals surface area (Å²) in [5.41, 5.74) is 2.30. The molecule has 0 aromatic carbocycles. The minimum atomic E-state index is -4.38. The number of nitrogens with zero attached hydrogens (tertiary/aromatic N) is 1. The van der Waals surface area contributed by atoms with Crippen LogP contribution in [0.4, 0.5) is 13.2 Å². The van der Waals surface area contributed by atoms with Crippen LogP contribution in [0.3, 0.4) is 0 Å². The lowest BCUT2D eigenvalue weighted by Crippen LogP contribution is -2.33. The predicted molar refractivity (Wildman–Crippen MR) is 65.0 cm³/mol. The quantitative estimate of drug-likeness (QED) is 0.618. The van der Waals surface area contributed by atoms with E-state index in [1.807, 2.05) is 6.92 Å². The number of nitrogens with two attached hydrogens (primary N) is 1. The van der Waals surface area contributed by atoms with Crippen molar-refractivity contribution in [3.63, 3.8) is 0 Å². The average Bonchev–Trinajstić information content (AvgIpc) is 2.37. The van der Waals surface area contributed by atoms with Gasteiger partial charge in [-0.25, -0.2) is 0 Å². The first kappa shape index (κ1) is 15.9. The van der Waals surface area contributed by atoms with Crippen molar-refractivity contribution in [1.29, 1.82) is 0 Å². The van der Waals surface area contributed by atoms with Crippen LogP contribution in [-0.4, -0.2) is 18.7 Å². The predicted octanol–water partition coefficient (Wildman–Crippen LogP) is 2.28. The van der Waals surface area contributed by atoms with Crippen LogP contribution in [-0.2, 0) is 10.9 Å². The zero-order valence-electron chi connectivity index (χ0n) is 10.9. The Morgan fingerprint density at radius 2 is 2.11 bits per heavy atom. The average molecular weight is 277 g/mol. The molecular weight excluding hydrogens is 259 g/mol. The summed E-state index contributed by atoms with van der Waals surface area (Å²) in [6, 6.07) is 2.05. The molecule has 4 nitrogen and oxygen atoms in total. The molecule has 2 atom stereocenters. The van der Waals surface area contributed by atoms with Gasteiger partial charge in [0.05, 0.1) is 17.3 Å². The van der Waals surface area contributed by atoms with Gasteiger partial charge in [-0.05, 0) is 24.5 Å². The maximum absolute atomic E-state index is 12.4. The number of rotatable bonds is 6. The Hall–Kier alpha value is -1.18. The Balaban J connectivity index is 2.82. The van der Waals surface area contributed by atoms with Crippen LogP contribution in [0.15, 0.2) is 18.3 Å². The molecule has 0 amide bonds. The largest absolute Gasteiger partial charge is 0.417 e. The lowest BCUT2D eigenvalue weighted by atomic mass is 9.96. The third-order valence-corrected chi connectivity index (χ3v) is 2.96. The van der Waals surface area contributed by atoms with E-state index in [9.17, 15) is 13.2 Å². The van der Waals surface area contributed by atoms with Gasteiger partial charge in [0, 0.05) is 19.9 Å². The number of methoxy groups -OCH3 is 1. The summed E-state index contributed by atoms with van der Waals surface area (Å²) in [6.45, 7) is 2.49. The molecule has 0 saturated heterocycles. The summed E-state index contributed by atoms with van der Waals surface area (Å²) in [7, 11) is 1.59. The van der Waals surface area contributed by atoms with E-state index >= 15 is 0 Å². The smallest absolute Gasteiger partial charge is 0.385 e. The molecule has 0 aliphatic rings. The van der Waals surface area contributed by atoms with Crippen LogP contribution >= 0.6 is 0 Å². The Labute approximate surface area is 110 Å². The second kappa shape index (κ2) is 6.83. The normalized spacial score (nSPS) is 15.3. The van der Waals surface area contributed by atoms with Crippen LogP contribution in [0.1, 0.15) is 30.6 Å². The zero-order valence-corrected chi connectivity index (χ0v) is 10.9. The highest BCUT2D eigenvalue weighted by molar-refractivity contribution is 5.19. The zero-order chi connectivity index (χ0) is 14.5. The highest BCUT2D eigenvalue weighted by Gasteiger charge is 2.31. The van der Waals surface area contributed by atoms with E-state index in [0.717, 1.165) is 18.7 Å². The molecule has 3 N–H and O–H groups in total. The van der Waals surface area contributed by atoms with Crippen LogP contribution in [0.25, 0.3) is 0 Å². The summed E-state index contributed by atoms with van der Waals surface area (Å²) in [6.07, 6.45) is -2.82. The van der Waals surface area contributed by atoms with E-state index in [1.165, 1.54) is 6.07 Å². The Morgan fingerprint density at radius 3 is 2.53 bits per heavy atom. The van der Waals surface area contributed by atoms with Gasteiger partial charge in [-0.2, -0.15) is 13.2 Å². The van der Waals surface area contributed by atoms with Gasteiger partial charge in [0.2, 0.25) is 0 Å². The highest BCUT2D eigenvalue weighted by Crippen LogP contribution is 2.30. The number of hydrazine groups is 1. The van der Waals surface area contributed by atoms with Gasteiger partial charge in [-0.15, -0.1) is 0 Å². The fourth-order valence-electron chi connectivity index (χ4n) is 1.77. The van der Waals surface area contributed by atoms with E-state index in [4.69, 9.17) is 10.6 Å². The summed E-state index contributed by atoms with van der Waals surface area (Å²) in [5.74, 6) is 5.54. The van der Waals surface area contributed by atoms with Crippen LogP contribution in [0.5, 0.6) is 0 Å². The number of pyridine rings is 1. The van der Waals surface area contributed by atoms with Crippen molar-refractivity contribution >= 4 is 0 Å². The SMILES string of the molecule is COCCC(C)C(NN)c1ccc(C(F)(F)F)cn1. The summed E-state index contributed by atoms with van der Waals surface area (Å²) >= 11 is 0. The molecule has 0 bridgehead atoms. The van der Waals surface area contributed by atoms with Crippen LogP contribution in [0.2, 0.25) is 0 Å². The van der Waals surface area contributed by atoms with Crippen LogP contribution < -0.4 is 11.3 Å². The monoisotopic (exact) mass is 277 g/mol. The van der Waals surface area contributed by atoms with Crippen molar-refractivity contribution in [2.45, 2.75) is 25.6 Å². The maximum atomic E-state index is 12.4. The summed E-state index contributed by atoms with van der Waals surface area (Å²) in [4.78, 5) is 3.84. The molecule has 19 heavy (non-hydrogen) atoms. The second-order valence-corrected chi connectivity index (χ2v) is 4.37. The summed E-state index contributed by atoms with van der Waals surface area (Å²) in [5, 5.41) is 0. The van der Waals surface area contributed by atoms with Crippen molar-refractivity contribution in [3.05, 3.63) is 29.6 Å². The first-order chi connectivity index (χ1) is 8.90. The molecular formula is C12H18F3N3O. The fourth-order valence-corrected chi connectivity index (χ4v) is 1.77. The van der Waals surface area contributed by atoms with Crippen molar-refractivity contribution in [2.75, 3.05) is 13.7 Å². The molecule has 0 aliphatic heterocycles. The molecule has 1 rings (SSSR count). The van der Waals surface area contributed by atoms with Gasteiger partial charge in [-0.1, -0.05) is 6.92 Å². The molecule has 7 heteroatoms. The molecule has 1 aromatic rings. The second-order valence-electron chi connectivity index (χ2n) is 4.37. The molecule has 0 fully saturated rings. The van der Waals surface area contributed by atoms with Crippen LogP contribution in [0, 0.1) is 5.92 Å². The summed E-state index contributed by atoms with van der Waals surface area (Å²) < 4.78 is 42.3. The first-order valence-electron chi connectivity index (χ1n) is 5.88. The lowest BCUT2D eigenvalue weighted by Gasteiger charge is -2.22. The van der Waals surface area contributed by atoms with Gasteiger partial charge in [0.25, 0.3) is 0 Å². The number of ether oxygens (including phenoxy) is 1. The van der Waals surface area contributed by atoms with Gasteiger partial charge < -0.3 is 4.74 Å². The van der Waals surface area contributed by atoms with Crippen molar-refractivity contribution in [3.8, 4) is 0 Å². The molecule has 0 radical (unpaired) electrons. The van der Waals surface area contributed by atoms with Gasteiger partial charge in [0.15, 0.2) is 0 Å². The van der Waals surface area contributed by atoms with E-state index in [0.29, 0.717) is 12.3 Å². The number of halogens is 3. The standard InChI is InChI=1S/C12H18F3N3O/c1-8(5-6-19-2)11(18-16)10-4-3-9(7-17-10)12(13,14)15/h3-4,7-8,11,18H,5-6,16H2,1-2H3. The molecule has 0 saturated carbocycles. The van der Waals surface area contributed by atoms with E-state index in [-0.39, 0.29) is 12.0 Å². The van der Waals surface area contributed by atoms with Gasteiger partial charge >= 0.3 is 6.18 Å². The van der Waals surface area contributed by atoms with Gasteiger partial charge in [0.1, 0.15) is 0 Å². The number of hydrogen-bond acceptors (Lipinski definition) is 4. The molecule has 1 heterocycles. The van der Waals surface area contributed by atoms with Crippen molar-refractivity contribution in [2.24, 2.45) is 11.8 Å². The highest BCUT2D eigenvalue weighted by atomic mass is 19.4. The Bertz CT molecular complexity index is 381. The molecule has 108 valence electrons. The van der Waals surface area contributed by atoms with Crippen molar-refractivity contribution in [1.82, 2.24) is 10.4 Å². The van der Waals surface area contributed by atoms with Gasteiger partial charge in [-0.3, -0.25) is 16.3 Å². The topological polar surface area (TPSA) is 60.2 Å². The third-order valence-electron chi connectivity index (χ3n) is 2.96. The Morgan fingerprint density at radius 1 is 1.42 bits per heavy atom. The fraction of sp³-hybridized carbons (Fsp3) is 0.583. The minimum absolute atomic E-state index is 0.0918. The maximum Gasteiger partial charge on any atom is 0.417 e. The molecule has 1 aromatic heterocycles. The van der Waals surface area contributed by atoms with Crippen molar-refractivity contribution < 1.29 is 17.9 Å². The Kier molecular flexibility index (Phi) is 5.71. The number of hydrogen-bond donors (Lipinski definition) is 2. The molecule has 2 unspecified atom stereocenters. The molecule has 0 spiro atoms. The van der Waals surface area contributed by atoms with E-state index < -0.39 is 11.7 Å². The number of alkyl halides is 3. The number of nitrogens with one attached hydrogen (secondary N) is 1. The molecule has 0 aliphatic carbocycles. The van der Waals surface area contributed by atoms with E-state index in [1.54, 1.807) is 7.11 Å². The lowest BCUT2D eigenvalue weighted by molar-refractivity contribution is -0.137. The first-order valence-corrected chi connectivity index (χ1v) is 5.88. The number of aromatic nitrogens is 1. The third kappa shape index (κ3) is 4.45. The minimum Gasteiger partial charge on any atom is -0.385 e.